The molecule has 6 rings (SSSR count). The van der Waals surface area contributed by atoms with Crippen molar-refractivity contribution in [3.8, 4) is 0 Å². The molecule has 14 nitrogen and oxygen atoms in total. The molecule has 3 aromatic carbocycles. The Morgan fingerprint density at radius 3 is 1.22 bits per heavy atom. The van der Waals surface area contributed by atoms with Gasteiger partial charge in [-0.2, -0.15) is 0 Å². The molecule has 0 bridgehead atoms. The van der Waals surface area contributed by atoms with Crippen molar-refractivity contribution >= 4 is 104 Å². The molecule has 3 aromatic rings. The summed E-state index contributed by atoms with van der Waals surface area (Å²) in [5.41, 5.74) is 8.87. The molecule has 0 saturated carbocycles. The molecule has 0 aliphatic carbocycles. The van der Waals surface area contributed by atoms with E-state index in [0.29, 0.717) is 74.5 Å². The molecule has 0 aromatic heterocycles. The van der Waals surface area contributed by atoms with Crippen molar-refractivity contribution in [3.63, 3.8) is 0 Å². The van der Waals surface area contributed by atoms with Crippen LogP contribution in [0, 0.1) is 6.92 Å². The molecular weight excluding hydrogens is 1210 g/mol. The maximum atomic E-state index is 12.5. The first-order valence-corrected chi connectivity index (χ1v) is 32.9. The van der Waals surface area contributed by atoms with Crippen LogP contribution in [-0.2, 0) is 111 Å². The molecule has 406 valence electrons. The van der Waals surface area contributed by atoms with Gasteiger partial charge in [-0.3, -0.25) is 21.3 Å². The number of nitrogens with two attached hydrogens (primary N) is 1. The summed E-state index contributed by atoms with van der Waals surface area (Å²) in [5.74, 6) is -0.997. The molecule has 3 aliphatic heterocycles. The zero-order chi connectivity index (χ0) is 52.4. The van der Waals surface area contributed by atoms with Crippen LogP contribution in [-0.4, -0.2) is 95.3 Å². The second-order valence-electron chi connectivity index (χ2n) is 17.8. The molecule has 0 amide bonds. The summed E-state index contributed by atoms with van der Waals surface area (Å²) in [7, 11) is -2.41. The van der Waals surface area contributed by atoms with E-state index in [9.17, 15) is 22.8 Å². The van der Waals surface area contributed by atoms with Crippen LogP contribution in [0.3, 0.4) is 0 Å². The third-order valence-corrected chi connectivity index (χ3v) is 14.8. The van der Waals surface area contributed by atoms with E-state index in [1.54, 1.807) is 32.9 Å². The average molecular weight is 1290 g/mol. The minimum absolute atomic E-state index is 0. The fourth-order valence-electron chi connectivity index (χ4n) is 6.21. The van der Waals surface area contributed by atoms with Crippen molar-refractivity contribution < 1.29 is 67.6 Å². The van der Waals surface area contributed by atoms with Crippen LogP contribution in [0.15, 0.2) is 59.1 Å². The number of benzene rings is 3. The van der Waals surface area contributed by atoms with E-state index in [2.05, 4.69) is 50.7 Å². The maximum absolute atomic E-state index is 12.5. The number of carbonyl (C=O) groups excluding carboxylic acids is 3. The molecule has 2 atom stereocenters. The molecule has 3 heterocycles. The summed E-state index contributed by atoms with van der Waals surface area (Å²) < 4.78 is 61.3. The predicted molar refractivity (Wildman–Crippen MR) is 298 cm³/mol. The number of hydrogen-bond acceptors (Lipinski definition) is 12. The normalized spacial score (nSPS) is 16.2. The second kappa shape index (κ2) is 33.6. The first-order valence-electron chi connectivity index (χ1n) is 21.8. The van der Waals surface area contributed by atoms with Gasteiger partial charge in [-0.1, -0.05) is 103 Å². The molecule has 4 N–H and O–H groups in total. The van der Waals surface area contributed by atoms with Crippen molar-refractivity contribution in [2.24, 2.45) is 5.73 Å². The third kappa shape index (κ3) is 22.2. The number of nitrogens with one attached hydrogen (secondary N) is 2. The van der Waals surface area contributed by atoms with E-state index in [-0.39, 0.29) is 56.6 Å². The van der Waals surface area contributed by atoms with Crippen LogP contribution in [0.4, 0.5) is 0 Å². The summed E-state index contributed by atoms with van der Waals surface area (Å²) in [5, 5.41) is 1.75. The fourth-order valence-corrected chi connectivity index (χ4v) is 9.62. The minimum atomic E-state index is -1.24. The SMILES string of the molecule is C.C.C.CC(C)(C)S(=O)NC1(c2ccc(Br)cc2Cl)COC1.CCOC(=O)Cc1ccc(C2(N)COC2)c(Cl)c1.CCOC(=O)Cc1ccc(C2(NS(=O)C(C)(C)C)COC2)c(Cl)c1.[CH2-]C(=O)OCC.[Zn+][Br]. The summed E-state index contributed by atoms with van der Waals surface area (Å²) in [4.78, 5) is 32.7. The number of halogens is 5. The van der Waals surface area contributed by atoms with Gasteiger partial charge in [0.05, 0.1) is 109 Å². The van der Waals surface area contributed by atoms with Gasteiger partial charge < -0.3 is 34.2 Å². The van der Waals surface area contributed by atoms with E-state index in [1.807, 2.05) is 84.0 Å². The number of esters is 3. The van der Waals surface area contributed by atoms with Gasteiger partial charge in [0.25, 0.3) is 0 Å². The molecule has 0 radical (unpaired) electrons. The Bertz CT molecular complexity index is 2220. The van der Waals surface area contributed by atoms with Gasteiger partial charge in [0.1, 0.15) is 11.1 Å². The van der Waals surface area contributed by atoms with Crippen LogP contribution in [0.5, 0.6) is 0 Å². The van der Waals surface area contributed by atoms with Crippen LogP contribution >= 0.6 is 64.4 Å². The Hall–Kier alpha value is -1.55. The quantitative estimate of drug-likeness (QED) is 0.0600. The van der Waals surface area contributed by atoms with Gasteiger partial charge in [0, 0.05) is 19.5 Å². The van der Waals surface area contributed by atoms with Crippen LogP contribution in [0.1, 0.15) is 112 Å². The summed E-state index contributed by atoms with van der Waals surface area (Å²) in [6, 6.07) is 16.7. The standard InChI is InChI=1S/C17H24ClNO4S.C13H17BrClNO2S.C13H16ClNO3.C4H7O2.3CH4.BrH.Zn/c1-5-23-15(20)9-12-6-7-13(14(18)8-12)17(10-22-11-17)19-24(21)16(2,3)4;1-12(2,3)19(17)16-13(7-18-8-13)10-5-4-9(14)6-11(10)15;1-2-18-12(16)6-9-3-4-10(11(14)5-9)13(15)7-17-8-13;1-3-6-4(2)5;;;;;/h6-8,19H,5,9-11H2,1-4H3;4-6,16H,7-8H2,1-3H3;3-5H,2,6-8,15H2,1H3;2-3H2,1H3;3*1H4;1H;/q;;;-1;;;;;+2/p-1. The van der Waals surface area contributed by atoms with Gasteiger partial charge in [0.2, 0.25) is 0 Å². The van der Waals surface area contributed by atoms with Crippen molar-refractivity contribution in [3.05, 3.63) is 109 Å². The van der Waals surface area contributed by atoms with Crippen molar-refractivity contribution in [1.29, 1.82) is 0 Å². The fraction of sp³-hybridized carbons (Fsp3) is 0.560. The summed E-state index contributed by atoms with van der Waals surface area (Å²) >= 11 is 26.6. The van der Waals surface area contributed by atoms with E-state index < -0.39 is 44.6 Å². The van der Waals surface area contributed by atoms with E-state index in [4.69, 9.17) is 64.2 Å². The Morgan fingerprint density at radius 1 is 0.639 bits per heavy atom. The van der Waals surface area contributed by atoms with Gasteiger partial charge >= 0.3 is 41.9 Å². The van der Waals surface area contributed by atoms with Crippen LogP contribution in [0.25, 0.3) is 0 Å². The zero-order valence-electron chi connectivity index (χ0n) is 40.7. The van der Waals surface area contributed by atoms with Crippen molar-refractivity contribution in [2.45, 2.75) is 124 Å². The number of rotatable bonds is 14. The van der Waals surface area contributed by atoms with Crippen LogP contribution in [0.2, 0.25) is 15.1 Å². The number of carbonyl (C=O) groups is 3. The van der Waals surface area contributed by atoms with Gasteiger partial charge in [-0.25, -0.2) is 17.9 Å². The number of ether oxygens (including phenoxy) is 6. The monoisotopic (exact) mass is 1290 g/mol. The molecular formula is C50H76Br2Cl3N3O11S2Zn. The van der Waals surface area contributed by atoms with Crippen molar-refractivity contribution in [1.82, 2.24) is 9.44 Å². The molecule has 72 heavy (non-hydrogen) atoms. The Labute approximate surface area is 475 Å². The predicted octanol–water partition coefficient (Wildman–Crippen LogP) is 10.9. The Kier molecular flexibility index (Phi) is 33.8. The van der Waals surface area contributed by atoms with Crippen LogP contribution < -0.4 is 15.2 Å². The summed E-state index contributed by atoms with van der Waals surface area (Å²) in [6.07, 6.45) is 0.403. The van der Waals surface area contributed by atoms with Gasteiger partial charge in [-0.15, -0.1) is 0 Å². The second-order valence-corrected chi connectivity index (χ2v) is 23.9. The molecule has 3 aliphatic rings. The average Bonchev–Trinajstić information content (AvgIpc) is 3.21. The van der Waals surface area contributed by atoms with Crippen molar-refractivity contribution in [2.75, 3.05) is 59.5 Å². The van der Waals surface area contributed by atoms with E-state index in [1.165, 1.54) is 16.3 Å². The third-order valence-electron chi connectivity index (χ3n) is 9.98. The Morgan fingerprint density at radius 2 is 0.972 bits per heavy atom. The van der Waals surface area contributed by atoms with Gasteiger partial charge in [-0.05, 0) is 114 Å². The van der Waals surface area contributed by atoms with E-state index in [0.717, 1.165) is 32.3 Å². The molecule has 3 saturated heterocycles. The van der Waals surface area contributed by atoms with Gasteiger partial charge in [0.15, 0.2) is 5.97 Å². The molecule has 2 unspecified atom stereocenters. The Balaban J connectivity index is 0. The molecule has 0 spiro atoms. The topological polar surface area (TPSA) is 191 Å². The zero-order valence-corrected chi connectivity index (χ0v) is 50.7. The molecule has 3 fully saturated rings. The van der Waals surface area contributed by atoms with E-state index >= 15 is 0 Å². The number of hydrogen-bond donors (Lipinski definition) is 3. The summed E-state index contributed by atoms with van der Waals surface area (Å²) in [6.45, 7) is 23.7. The molecule has 22 heteroatoms. The first kappa shape index (κ1) is 72.5. The first-order chi connectivity index (χ1) is 32.2.